The van der Waals surface area contributed by atoms with E-state index in [-0.39, 0.29) is 5.91 Å². The lowest BCUT2D eigenvalue weighted by molar-refractivity contribution is 0.102. The maximum absolute atomic E-state index is 12.5. The largest absolute Gasteiger partial charge is 0.490 e. The lowest BCUT2D eigenvalue weighted by Gasteiger charge is -2.06. The van der Waals surface area contributed by atoms with Crippen molar-refractivity contribution < 1.29 is 14.1 Å². The second-order valence-electron chi connectivity index (χ2n) is 4.82. The summed E-state index contributed by atoms with van der Waals surface area (Å²) in [7, 11) is 0. The van der Waals surface area contributed by atoms with Gasteiger partial charge in [-0.1, -0.05) is 5.16 Å². The summed E-state index contributed by atoms with van der Waals surface area (Å²) in [6.07, 6.45) is 1.78. The SMILES string of the molecule is CCOc1cccn2c(C(=O)Nc3cc(C)on3)c(C)nc12. The second kappa shape index (κ2) is 5.51. The van der Waals surface area contributed by atoms with E-state index in [4.69, 9.17) is 9.26 Å². The number of hydrogen-bond acceptors (Lipinski definition) is 5. The number of carbonyl (C=O) groups is 1. The third-order valence-corrected chi connectivity index (χ3v) is 3.17. The maximum Gasteiger partial charge on any atom is 0.275 e. The zero-order valence-electron chi connectivity index (χ0n) is 12.6. The molecule has 0 fully saturated rings. The van der Waals surface area contributed by atoms with Crippen molar-refractivity contribution in [1.29, 1.82) is 0 Å². The first-order valence-corrected chi connectivity index (χ1v) is 6.95. The van der Waals surface area contributed by atoms with Crippen LogP contribution in [0.15, 0.2) is 28.9 Å². The number of hydrogen-bond donors (Lipinski definition) is 1. The number of imidazole rings is 1. The molecule has 0 atom stereocenters. The summed E-state index contributed by atoms with van der Waals surface area (Å²) in [6.45, 7) is 5.98. The van der Waals surface area contributed by atoms with E-state index in [0.29, 0.717) is 41.0 Å². The van der Waals surface area contributed by atoms with Crippen molar-refractivity contribution in [2.45, 2.75) is 20.8 Å². The summed E-state index contributed by atoms with van der Waals surface area (Å²) < 4.78 is 12.2. The van der Waals surface area contributed by atoms with Crippen molar-refractivity contribution >= 4 is 17.4 Å². The van der Waals surface area contributed by atoms with Crippen LogP contribution in [0.2, 0.25) is 0 Å². The van der Waals surface area contributed by atoms with E-state index in [0.717, 1.165) is 0 Å². The van der Waals surface area contributed by atoms with Gasteiger partial charge in [-0.2, -0.15) is 0 Å². The zero-order valence-corrected chi connectivity index (χ0v) is 12.6. The lowest BCUT2D eigenvalue weighted by atomic mass is 10.3. The molecule has 0 unspecified atom stereocenters. The molecule has 3 aromatic rings. The molecule has 7 nitrogen and oxygen atoms in total. The summed E-state index contributed by atoms with van der Waals surface area (Å²) in [5.74, 6) is 1.35. The smallest absolute Gasteiger partial charge is 0.275 e. The predicted octanol–water partition coefficient (Wildman–Crippen LogP) is 2.59. The summed E-state index contributed by atoms with van der Waals surface area (Å²) >= 11 is 0. The van der Waals surface area contributed by atoms with Crippen LogP contribution in [-0.2, 0) is 0 Å². The summed E-state index contributed by atoms with van der Waals surface area (Å²) in [5.41, 5.74) is 1.67. The van der Waals surface area contributed by atoms with Crippen LogP contribution >= 0.6 is 0 Å². The predicted molar refractivity (Wildman–Crippen MR) is 80.3 cm³/mol. The van der Waals surface area contributed by atoms with Crippen molar-refractivity contribution in [2.24, 2.45) is 0 Å². The standard InChI is InChI=1S/C15H16N4O3/c1-4-21-11-6-5-7-19-13(10(3)16-14(11)19)15(20)17-12-8-9(2)22-18-12/h5-8H,4H2,1-3H3,(H,17,18,20). The van der Waals surface area contributed by atoms with Crippen LogP contribution in [0, 0.1) is 13.8 Å². The fourth-order valence-corrected chi connectivity index (χ4v) is 2.30. The van der Waals surface area contributed by atoms with Gasteiger partial charge in [-0.05, 0) is 32.9 Å². The summed E-state index contributed by atoms with van der Waals surface area (Å²) in [4.78, 5) is 16.9. The van der Waals surface area contributed by atoms with Gasteiger partial charge in [-0.3, -0.25) is 9.20 Å². The Balaban J connectivity index is 2.01. The van der Waals surface area contributed by atoms with Crippen molar-refractivity contribution in [3.05, 3.63) is 41.5 Å². The van der Waals surface area contributed by atoms with E-state index in [1.165, 1.54) is 0 Å². The molecule has 3 rings (SSSR count). The Hall–Kier alpha value is -2.83. The molecule has 0 aliphatic rings. The van der Waals surface area contributed by atoms with E-state index < -0.39 is 0 Å². The first-order valence-electron chi connectivity index (χ1n) is 6.95. The molecule has 3 aromatic heterocycles. The Kier molecular flexibility index (Phi) is 3.54. The third-order valence-electron chi connectivity index (χ3n) is 3.17. The molecule has 0 bridgehead atoms. The summed E-state index contributed by atoms with van der Waals surface area (Å²) in [6, 6.07) is 5.30. The van der Waals surface area contributed by atoms with Crippen molar-refractivity contribution in [2.75, 3.05) is 11.9 Å². The van der Waals surface area contributed by atoms with E-state index in [2.05, 4.69) is 15.5 Å². The minimum Gasteiger partial charge on any atom is -0.490 e. The van der Waals surface area contributed by atoms with Gasteiger partial charge < -0.3 is 14.6 Å². The number of amides is 1. The molecular weight excluding hydrogens is 284 g/mol. The number of ether oxygens (including phenoxy) is 1. The van der Waals surface area contributed by atoms with E-state index >= 15 is 0 Å². The van der Waals surface area contributed by atoms with Gasteiger partial charge in [0.2, 0.25) is 0 Å². The van der Waals surface area contributed by atoms with Crippen LogP contribution in [0.25, 0.3) is 5.65 Å². The maximum atomic E-state index is 12.5. The minimum absolute atomic E-state index is 0.299. The Bertz CT molecular complexity index is 835. The van der Waals surface area contributed by atoms with Crippen LogP contribution in [0.4, 0.5) is 5.82 Å². The van der Waals surface area contributed by atoms with Crippen LogP contribution in [-0.4, -0.2) is 27.1 Å². The number of pyridine rings is 1. The Morgan fingerprint density at radius 1 is 1.45 bits per heavy atom. The number of carbonyl (C=O) groups excluding carboxylic acids is 1. The molecular formula is C15H16N4O3. The average Bonchev–Trinajstić information content (AvgIpc) is 3.02. The highest BCUT2D eigenvalue weighted by atomic mass is 16.5. The molecule has 3 heterocycles. The number of aryl methyl sites for hydroxylation is 2. The number of anilines is 1. The minimum atomic E-state index is -0.299. The van der Waals surface area contributed by atoms with Crippen LogP contribution < -0.4 is 10.1 Å². The van der Waals surface area contributed by atoms with E-state index in [1.807, 2.05) is 19.1 Å². The van der Waals surface area contributed by atoms with Gasteiger partial charge >= 0.3 is 0 Å². The topological polar surface area (TPSA) is 81.7 Å². The second-order valence-corrected chi connectivity index (χ2v) is 4.82. The van der Waals surface area contributed by atoms with Crippen LogP contribution in [0.5, 0.6) is 5.75 Å². The molecule has 0 spiro atoms. The van der Waals surface area contributed by atoms with Crippen LogP contribution in [0.1, 0.15) is 28.9 Å². The summed E-state index contributed by atoms with van der Waals surface area (Å²) in [5, 5.41) is 6.47. The van der Waals surface area contributed by atoms with Crippen molar-refractivity contribution in [3.8, 4) is 5.75 Å². The molecule has 0 aliphatic heterocycles. The number of aromatic nitrogens is 3. The zero-order chi connectivity index (χ0) is 15.7. The van der Waals surface area contributed by atoms with Gasteiger partial charge in [0.15, 0.2) is 17.2 Å². The first kappa shape index (κ1) is 14.1. The Morgan fingerprint density at radius 2 is 2.27 bits per heavy atom. The highest BCUT2D eigenvalue weighted by Crippen LogP contribution is 2.22. The highest BCUT2D eigenvalue weighted by molar-refractivity contribution is 6.04. The highest BCUT2D eigenvalue weighted by Gasteiger charge is 2.19. The molecule has 0 radical (unpaired) electrons. The van der Waals surface area contributed by atoms with Gasteiger partial charge in [0.1, 0.15) is 11.5 Å². The molecule has 0 saturated carbocycles. The number of nitrogens with one attached hydrogen (secondary N) is 1. The van der Waals surface area contributed by atoms with Gasteiger partial charge in [0.25, 0.3) is 5.91 Å². The molecule has 0 aliphatic carbocycles. The van der Waals surface area contributed by atoms with Gasteiger partial charge in [0, 0.05) is 12.3 Å². The fraction of sp³-hybridized carbons (Fsp3) is 0.267. The van der Waals surface area contributed by atoms with Crippen LogP contribution in [0.3, 0.4) is 0 Å². The molecule has 1 N–H and O–H groups in total. The quantitative estimate of drug-likeness (QED) is 0.801. The third kappa shape index (κ3) is 2.41. The molecule has 1 amide bonds. The van der Waals surface area contributed by atoms with Gasteiger partial charge in [-0.15, -0.1) is 0 Å². The normalized spacial score (nSPS) is 10.9. The Labute approximate surface area is 126 Å². The number of rotatable bonds is 4. The fourth-order valence-electron chi connectivity index (χ4n) is 2.30. The average molecular weight is 300 g/mol. The first-order chi connectivity index (χ1) is 10.6. The lowest BCUT2D eigenvalue weighted by Crippen LogP contribution is -2.15. The Morgan fingerprint density at radius 3 is 2.95 bits per heavy atom. The van der Waals surface area contributed by atoms with E-state index in [9.17, 15) is 4.79 Å². The molecule has 114 valence electrons. The van der Waals surface area contributed by atoms with Gasteiger partial charge in [-0.25, -0.2) is 4.98 Å². The molecule has 22 heavy (non-hydrogen) atoms. The number of nitrogens with zero attached hydrogens (tertiary/aromatic N) is 3. The molecule has 0 saturated heterocycles. The van der Waals surface area contributed by atoms with Crippen molar-refractivity contribution in [1.82, 2.24) is 14.5 Å². The number of fused-ring (bicyclic) bond motifs is 1. The van der Waals surface area contributed by atoms with Gasteiger partial charge in [0.05, 0.1) is 12.3 Å². The monoisotopic (exact) mass is 300 g/mol. The molecule has 0 aromatic carbocycles. The van der Waals surface area contributed by atoms with Crippen molar-refractivity contribution in [3.63, 3.8) is 0 Å². The van der Waals surface area contributed by atoms with E-state index in [1.54, 1.807) is 30.5 Å². The molecule has 7 heteroatoms.